The van der Waals surface area contributed by atoms with Crippen molar-refractivity contribution in [3.8, 4) is 0 Å². The van der Waals surface area contributed by atoms with Crippen LogP contribution in [0, 0.1) is 0 Å². The highest BCUT2D eigenvalue weighted by Gasteiger charge is 2.20. The SMILES string of the molecule is CCC(C)(CCO)NCc1ccc(Cl)cc1Cl. The Morgan fingerprint density at radius 1 is 1.35 bits per heavy atom. The van der Waals surface area contributed by atoms with E-state index in [2.05, 4.69) is 19.2 Å². The Balaban J connectivity index is 2.65. The summed E-state index contributed by atoms with van der Waals surface area (Å²) in [6.45, 7) is 5.07. The molecule has 1 rings (SSSR count). The Labute approximate surface area is 113 Å². The molecule has 0 aromatic heterocycles. The molecule has 2 N–H and O–H groups in total. The van der Waals surface area contributed by atoms with E-state index in [1.54, 1.807) is 6.07 Å². The first-order valence-electron chi connectivity index (χ1n) is 5.80. The Bertz CT molecular complexity index is 370. The highest BCUT2D eigenvalue weighted by atomic mass is 35.5. The molecule has 1 atom stereocenters. The first kappa shape index (κ1) is 14.8. The van der Waals surface area contributed by atoms with E-state index >= 15 is 0 Å². The van der Waals surface area contributed by atoms with Gasteiger partial charge in [0, 0.05) is 28.7 Å². The second-order valence-corrected chi connectivity index (χ2v) is 5.32. The van der Waals surface area contributed by atoms with Crippen molar-refractivity contribution in [2.45, 2.75) is 38.8 Å². The summed E-state index contributed by atoms with van der Waals surface area (Å²) in [6, 6.07) is 5.50. The molecular weight excluding hydrogens is 257 g/mol. The van der Waals surface area contributed by atoms with Crippen molar-refractivity contribution in [1.29, 1.82) is 0 Å². The fourth-order valence-corrected chi connectivity index (χ4v) is 2.09. The molecule has 0 amide bonds. The number of aliphatic hydroxyl groups is 1. The average molecular weight is 276 g/mol. The van der Waals surface area contributed by atoms with Gasteiger partial charge < -0.3 is 10.4 Å². The van der Waals surface area contributed by atoms with E-state index in [1.807, 2.05) is 12.1 Å². The van der Waals surface area contributed by atoms with Crippen LogP contribution < -0.4 is 5.32 Å². The van der Waals surface area contributed by atoms with Gasteiger partial charge in [0.15, 0.2) is 0 Å². The number of hydrogen-bond acceptors (Lipinski definition) is 2. The largest absolute Gasteiger partial charge is 0.396 e. The molecule has 4 heteroatoms. The normalized spacial score (nSPS) is 14.6. The number of halogens is 2. The number of aliphatic hydroxyl groups excluding tert-OH is 1. The Morgan fingerprint density at radius 3 is 2.59 bits per heavy atom. The summed E-state index contributed by atoms with van der Waals surface area (Å²) >= 11 is 12.0. The predicted octanol–water partition coefficient (Wildman–Crippen LogP) is 3.63. The van der Waals surface area contributed by atoms with E-state index in [-0.39, 0.29) is 12.1 Å². The molecule has 0 aliphatic carbocycles. The Kier molecular flexibility index (Phi) is 5.74. The fraction of sp³-hybridized carbons (Fsp3) is 0.538. The van der Waals surface area contributed by atoms with Crippen LogP contribution in [0.5, 0.6) is 0 Å². The maximum Gasteiger partial charge on any atom is 0.0465 e. The molecule has 0 spiro atoms. The van der Waals surface area contributed by atoms with Crippen LogP contribution in [-0.4, -0.2) is 17.3 Å². The second kappa shape index (κ2) is 6.60. The lowest BCUT2D eigenvalue weighted by atomic mass is 9.94. The zero-order valence-corrected chi connectivity index (χ0v) is 11.8. The van der Waals surface area contributed by atoms with Gasteiger partial charge in [-0.3, -0.25) is 0 Å². The van der Waals surface area contributed by atoms with Gasteiger partial charge in [0.25, 0.3) is 0 Å². The van der Waals surface area contributed by atoms with Crippen LogP contribution in [0.1, 0.15) is 32.3 Å². The maximum atomic E-state index is 9.04. The zero-order chi connectivity index (χ0) is 12.9. The van der Waals surface area contributed by atoms with Gasteiger partial charge in [-0.25, -0.2) is 0 Å². The third-order valence-corrected chi connectivity index (χ3v) is 3.75. The molecule has 0 aliphatic heterocycles. The van der Waals surface area contributed by atoms with Crippen molar-refractivity contribution >= 4 is 23.2 Å². The standard InChI is InChI=1S/C13H19Cl2NO/c1-3-13(2,6-7-17)16-9-10-4-5-11(14)8-12(10)15/h4-5,8,16-17H,3,6-7,9H2,1-2H3. The van der Waals surface area contributed by atoms with Crippen LogP contribution in [0.4, 0.5) is 0 Å². The van der Waals surface area contributed by atoms with Gasteiger partial charge >= 0.3 is 0 Å². The predicted molar refractivity (Wildman–Crippen MR) is 73.7 cm³/mol. The van der Waals surface area contributed by atoms with E-state index in [0.717, 1.165) is 18.4 Å². The monoisotopic (exact) mass is 275 g/mol. The molecule has 2 nitrogen and oxygen atoms in total. The second-order valence-electron chi connectivity index (χ2n) is 4.48. The van der Waals surface area contributed by atoms with Crippen molar-refractivity contribution in [3.05, 3.63) is 33.8 Å². The minimum Gasteiger partial charge on any atom is -0.396 e. The number of hydrogen-bond donors (Lipinski definition) is 2. The molecule has 17 heavy (non-hydrogen) atoms. The topological polar surface area (TPSA) is 32.3 Å². The minimum absolute atomic E-state index is 0.0578. The molecule has 0 fully saturated rings. The molecule has 96 valence electrons. The van der Waals surface area contributed by atoms with Gasteiger partial charge in [0.1, 0.15) is 0 Å². The van der Waals surface area contributed by atoms with E-state index in [1.165, 1.54) is 0 Å². The summed E-state index contributed by atoms with van der Waals surface area (Å²) in [4.78, 5) is 0. The zero-order valence-electron chi connectivity index (χ0n) is 10.3. The highest BCUT2D eigenvalue weighted by molar-refractivity contribution is 6.35. The smallest absolute Gasteiger partial charge is 0.0465 e. The minimum atomic E-state index is -0.0578. The van der Waals surface area contributed by atoms with Gasteiger partial charge in [-0.1, -0.05) is 36.2 Å². The van der Waals surface area contributed by atoms with E-state index < -0.39 is 0 Å². The van der Waals surface area contributed by atoms with Gasteiger partial charge in [-0.15, -0.1) is 0 Å². The first-order valence-corrected chi connectivity index (χ1v) is 6.56. The summed E-state index contributed by atoms with van der Waals surface area (Å²) in [5.74, 6) is 0. The van der Waals surface area contributed by atoms with Crippen molar-refractivity contribution in [3.63, 3.8) is 0 Å². The molecular formula is C13H19Cl2NO. The molecule has 0 saturated carbocycles. The lowest BCUT2D eigenvalue weighted by molar-refractivity contribution is 0.214. The molecule has 0 bridgehead atoms. The van der Waals surface area contributed by atoms with E-state index in [0.29, 0.717) is 16.6 Å². The molecule has 1 unspecified atom stereocenters. The molecule has 0 aliphatic rings. The van der Waals surface area contributed by atoms with Crippen LogP contribution in [0.25, 0.3) is 0 Å². The first-order chi connectivity index (χ1) is 8.00. The van der Waals surface area contributed by atoms with Crippen molar-refractivity contribution < 1.29 is 5.11 Å². The quantitative estimate of drug-likeness (QED) is 0.831. The van der Waals surface area contributed by atoms with E-state index in [4.69, 9.17) is 28.3 Å². The molecule has 0 radical (unpaired) electrons. The van der Waals surface area contributed by atoms with Crippen LogP contribution in [0.2, 0.25) is 10.0 Å². The maximum absolute atomic E-state index is 9.04. The lowest BCUT2D eigenvalue weighted by Gasteiger charge is -2.29. The van der Waals surface area contributed by atoms with Crippen molar-refractivity contribution in [2.75, 3.05) is 6.61 Å². The van der Waals surface area contributed by atoms with Crippen molar-refractivity contribution in [2.24, 2.45) is 0 Å². The van der Waals surface area contributed by atoms with Gasteiger partial charge in [0.2, 0.25) is 0 Å². The third kappa shape index (κ3) is 4.47. The summed E-state index contributed by atoms with van der Waals surface area (Å²) in [7, 11) is 0. The van der Waals surface area contributed by atoms with Crippen LogP contribution in [-0.2, 0) is 6.54 Å². The summed E-state index contributed by atoms with van der Waals surface area (Å²) in [5, 5.41) is 13.8. The van der Waals surface area contributed by atoms with Crippen LogP contribution in [0.3, 0.4) is 0 Å². The van der Waals surface area contributed by atoms with Crippen LogP contribution >= 0.6 is 23.2 Å². The highest BCUT2D eigenvalue weighted by Crippen LogP contribution is 2.22. The lowest BCUT2D eigenvalue weighted by Crippen LogP contribution is -2.42. The molecule has 0 heterocycles. The van der Waals surface area contributed by atoms with Crippen molar-refractivity contribution in [1.82, 2.24) is 5.32 Å². The number of nitrogens with one attached hydrogen (secondary N) is 1. The molecule has 1 aromatic carbocycles. The van der Waals surface area contributed by atoms with Crippen LogP contribution in [0.15, 0.2) is 18.2 Å². The van der Waals surface area contributed by atoms with E-state index in [9.17, 15) is 0 Å². The van der Waals surface area contributed by atoms with Gasteiger partial charge in [-0.2, -0.15) is 0 Å². The summed E-state index contributed by atoms with van der Waals surface area (Å²) in [6.07, 6.45) is 1.69. The van der Waals surface area contributed by atoms with Gasteiger partial charge in [0.05, 0.1) is 0 Å². The average Bonchev–Trinajstić information content (AvgIpc) is 2.28. The molecule has 1 aromatic rings. The fourth-order valence-electron chi connectivity index (χ4n) is 1.61. The number of benzene rings is 1. The Morgan fingerprint density at radius 2 is 2.06 bits per heavy atom. The summed E-state index contributed by atoms with van der Waals surface area (Å²) < 4.78 is 0. The number of rotatable bonds is 6. The summed E-state index contributed by atoms with van der Waals surface area (Å²) in [5.41, 5.74) is 0.964. The van der Waals surface area contributed by atoms with Gasteiger partial charge in [-0.05, 0) is 37.5 Å². The Hall–Kier alpha value is -0.280. The molecule has 0 saturated heterocycles. The third-order valence-electron chi connectivity index (χ3n) is 3.16.